The van der Waals surface area contributed by atoms with Crippen molar-refractivity contribution in [1.82, 2.24) is 0 Å². The van der Waals surface area contributed by atoms with E-state index in [2.05, 4.69) is 13.0 Å². The fourth-order valence-electron chi connectivity index (χ4n) is 4.26. The summed E-state index contributed by atoms with van der Waals surface area (Å²) in [6, 6.07) is 0. The second kappa shape index (κ2) is 8.98. The molecule has 21 heavy (non-hydrogen) atoms. The van der Waals surface area contributed by atoms with E-state index in [-0.39, 0.29) is 0 Å². The molecule has 0 spiro atoms. The summed E-state index contributed by atoms with van der Waals surface area (Å²) < 4.78 is 0. The Balaban J connectivity index is 1.99. The molecule has 2 fully saturated rings. The number of aliphatic hydroxyl groups is 1. The SMILES string of the molecule is CCCCCC/C(=C\C1CCCCC1)C1(O)CCCCC1. The maximum absolute atomic E-state index is 11.1. The predicted octanol–water partition coefficient (Wildman–Crippen LogP) is 6.16. The summed E-state index contributed by atoms with van der Waals surface area (Å²) in [5, 5.41) is 11.1. The van der Waals surface area contributed by atoms with Gasteiger partial charge < -0.3 is 5.11 Å². The van der Waals surface area contributed by atoms with Crippen LogP contribution in [0.15, 0.2) is 11.6 Å². The summed E-state index contributed by atoms with van der Waals surface area (Å²) >= 11 is 0. The molecule has 0 heterocycles. The molecule has 2 aliphatic carbocycles. The molecule has 1 heteroatoms. The summed E-state index contributed by atoms with van der Waals surface area (Å²) in [5.74, 6) is 0.755. The van der Waals surface area contributed by atoms with Gasteiger partial charge >= 0.3 is 0 Å². The first kappa shape index (κ1) is 17.1. The molecular weight excluding hydrogens is 256 g/mol. The number of rotatable bonds is 7. The average molecular weight is 293 g/mol. The Labute approximate surface area is 132 Å². The van der Waals surface area contributed by atoms with Gasteiger partial charge in [0.05, 0.1) is 5.60 Å². The van der Waals surface area contributed by atoms with Gasteiger partial charge in [-0.15, -0.1) is 0 Å². The van der Waals surface area contributed by atoms with E-state index in [4.69, 9.17) is 0 Å². The lowest BCUT2D eigenvalue weighted by Gasteiger charge is -2.36. The van der Waals surface area contributed by atoms with E-state index in [0.717, 1.165) is 25.2 Å². The molecule has 1 N–H and O–H groups in total. The van der Waals surface area contributed by atoms with Gasteiger partial charge in [0, 0.05) is 0 Å². The van der Waals surface area contributed by atoms with Crippen molar-refractivity contribution in [1.29, 1.82) is 0 Å². The molecule has 0 unspecified atom stereocenters. The second-order valence-corrected chi connectivity index (χ2v) is 7.49. The van der Waals surface area contributed by atoms with Crippen LogP contribution in [0, 0.1) is 5.92 Å². The molecule has 122 valence electrons. The number of allylic oxidation sites excluding steroid dienone is 1. The van der Waals surface area contributed by atoms with Gasteiger partial charge in [-0.1, -0.05) is 70.8 Å². The fraction of sp³-hybridized carbons (Fsp3) is 0.900. The molecule has 2 saturated carbocycles. The molecule has 0 aliphatic heterocycles. The largest absolute Gasteiger partial charge is 0.386 e. The quantitative estimate of drug-likeness (QED) is 0.440. The van der Waals surface area contributed by atoms with Crippen molar-refractivity contribution in [3.05, 3.63) is 11.6 Å². The summed E-state index contributed by atoms with van der Waals surface area (Å²) in [7, 11) is 0. The Morgan fingerprint density at radius 2 is 1.62 bits per heavy atom. The Hall–Kier alpha value is -0.300. The molecule has 1 nitrogen and oxygen atoms in total. The molecule has 0 aromatic heterocycles. The minimum atomic E-state index is -0.443. The van der Waals surface area contributed by atoms with Crippen molar-refractivity contribution in [2.45, 2.75) is 109 Å². The van der Waals surface area contributed by atoms with Crippen LogP contribution in [0.1, 0.15) is 103 Å². The average Bonchev–Trinajstić information content (AvgIpc) is 2.52. The molecule has 2 rings (SSSR count). The van der Waals surface area contributed by atoms with Crippen LogP contribution in [-0.4, -0.2) is 10.7 Å². The number of hydrogen-bond donors (Lipinski definition) is 1. The molecule has 0 radical (unpaired) electrons. The highest BCUT2D eigenvalue weighted by atomic mass is 16.3. The summed E-state index contributed by atoms with van der Waals surface area (Å²) in [4.78, 5) is 0. The van der Waals surface area contributed by atoms with E-state index in [1.165, 1.54) is 82.6 Å². The van der Waals surface area contributed by atoms with Crippen LogP contribution < -0.4 is 0 Å². The molecule has 0 aromatic rings. The van der Waals surface area contributed by atoms with Crippen molar-refractivity contribution in [3.63, 3.8) is 0 Å². The Morgan fingerprint density at radius 1 is 0.952 bits per heavy atom. The van der Waals surface area contributed by atoms with E-state index in [1.54, 1.807) is 0 Å². The van der Waals surface area contributed by atoms with E-state index >= 15 is 0 Å². The molecule has 0 aromatic carbocycles. The third-order valence-corrected chi connectivity index (χ3v) is 5.66. The summed E-state index contributed by atoms with van der Waals surface area (Å²) in [6.45, 7) is 2.27. The summed E-state index contributed by atoms with van der Waals surface area (Å²) in [6.07, 6.45) is 21.6. The molecule has 0 amide bonds. The monoisotopic (exact) mass is 292 g/mol. The van der Waals surface area contributed by atoms with Gasteiger partial charge in [-0.05, 0) is 50.0 Å². The number of hydrogen-bond acceptors (Lipinski definition) is 1. The van der Waals surface area contributed by atoms with Gasteiger partial charge in [0.15, 0.2) is 0 Å². The molecule has 2 aliphatic rings. The summed E-state index contributed by atoms with van der Waals surface area (Å²) in [5.41, 5.74) is 0.979. The van der Waals surface area contributed by atoms with Crippen LogP contribution in [0.3, 0.4) is 0 Å². The minimum absolute atomic E-state index is 0.443. The third-order valence-electron chi connectivity index (χ3n) is 5.66. The zero-order chi connectivity index (χ0) is 15.0. The van der Waals surface area contributed by atoms with Crippen molar-refractivity contribution in [2.75, 3.05) is 0 Å². The van der Waals surface area contributed by atoms with Crippen LogP contribution in [0.5, 0.6) is 0 Å². The van der Waals surface area contributed by atoms with Gasteiger partial charge in [0.1, 0.15) is 0 Å². The third kappa shape index (κ3) is 5.43. The lowest BCUT2D eigenvalue weighted by atomic mass is 9.75. The maximum Gasteiger partial charge on any atom is 0.0856 e. The van der Waals surface area contributed by atoms with Crippen LogP contribution in [0.4, 0.5) is 0 Å². The van der Waals surface area contributed by atoms with Crippen molar-refractivity contribution < 1.29 is 5.11 Å². The van der Waals surface area contributed by atoms with Gasteiger partial charge in [-0.25, -0.2) is 0 Å². The second-order valence-electron chi connectivity index (χ2n) is 7.49. The lowest BCUT2D eigenvalue weighted by Crippen LogP contribution is -2.34. The Kier molecular flexibility index (Phi) is 7.29. The Bertz CT molecular complexity index is 306. The van der Waals surface area contributed by atoms with E-state index in [9.17, 15) is 5.11 Å². The van der Waals surface area contributed by atoms with Gasteiger partial charge in [0.25, 0.3) is 0 Å². The standard InChI is InChI=1S/C20H36O/c1-2-3-4-9-14-19(17-18-12-7-5-8-13-18)20(21)15-10-6-11-16-20/h17-18,21H,2-16H2,1H3/b19-17+. The Morgan fingerprint density at radius 3 is 2.29 bits per heavy atom. The van der Waals surface area contributed by atoms with Crippen LogP contribution >= 0.6 is 0 Å². The van der Waals surface area contributed by atoms with Gasteiger partial charge in [-0.3, -0.25) is 0 Å². The first-order valence-electron chi connectivity index (χ1n) is 9.68. The predicted molar refractivity (Wildman–Crippen MR) is 91.5 cm³/mol. The van der Waals surface area contributed by atoms with E-state index in [1.807, 2.05) is 0 Å². The first-order chi connectivity index (χ1) is 10.2. The zero-order valence-electron chi connectivity index (χ0n) is 14.2. The maximum atomic E-state index is 11.1. The highest BCUT2D eigenvalue weighted by molar-refractivity contribution is 5.19. The van der Waals surface area contributed by atoms with E-state index in [0.29, 0.717) is 0 Å². The number of unbranched alkanes of at least 4 members (excludes halogenated alkanes) is 3. The molecular formula is C20H36O. The topological polar surface area (TPSA) is 20.2 Å². The van der Waals surface area contributed by atoms with Gasteiger partial charge in [0.2, 0.25) is 0 Å². The smallest absolute Gasteiger partial charge is 0.0856 e. The van der Waals surface area contributed by atoms with Crippen molar-refractivity contribution in [2.24, 2.45) is 5.92 Å². The van der Waals surface area contributed by atoms with Crippen LogP contribution in [-0.2, 0) is 0 Å². The highest BCUT2D eigenvalue weighted by Crippen LogP contribution is 2.38. The highest BCUT2D eigenvalue weighted by Gasteiger charge is 2.33. The van der Waals surface area contributed by atoms with Crippen molar-refractivity contribution >= 4 is 0 Å². The fourth-order valence-corrected chi connectivity index (χ4v) is 4.26. The molecule has 0 bridgehead atoms. The van der Waals surface area contributed by atoms with E-state index < -0.39 is 5.60 Å². The minimum Gasteiger partial charge on any atom is -0.386 e. The normalized spacial score (nSPS) is 24.2. The van der Waals surface area contributed by atoms with Crippen LogP contribution in [0.25, 0.3) is 0 Å². The first-order valence-corrected chi connectivity index (χ1v) is 9.68. The van der Waals surface area contributed by atoms with Crippen molar-refractivity contribution in [3.8, 4) is 0 Å². The van der Waals surface area contributed by atoms with Crippen LogP contribution in [0.2, 0.25) is 0 Å². The molecule has 0 atom stereocenters. The molecule has 0 saturated heterocycles. The van der Waals surface area contributed by atoms with Gasteiger partial charge in [-0.2, -0.15) is 0 Å². The lowest BCUT2D eigenvalue weighted by molar-refractivity contribution is 0.0352. The zero-order valence-corrected chi connectivity index (χ0v) is 14.2.